The number of nitrogens with one attached hydrogen (secondary N) is 2. The van der Waals surface area contributed by atoms with Gasteiger partial charge in [0.05, 0.1) is 7.11 Å². The highest BCUT2D eigenvalue weighted by Crippen LogP contribution is 2.23. The van der Waals surface area contributed by atoms with E-state index in [1.54, 1.807) is 7.11 Å². The molecule has 116 valence electrons. The smallest absolute Gasteiger partial charge is 0.229 e. The van der Waals surface area contributed by atoms with Crippen molar-refractivity contribution in [3.63, 3.8) is 0 Å². The Hall–Kier alpha value is -2.30. The largest absolute Gasteiger partial charge is 0.497 e. The number of benzene rings is 1. The molecule has 0 bridgehead atoms. The summed E-state index contributed by atoms with van der Waals surface area (Å²) in [7, 11) is 1.66. The summed E-state index contributed by atoms with van der Waals surface area (Å²) in [5.41, 5.74) is 1.89. The Kier molecular flexibility index (Phi) is 4.42. The standard InChI is InChI=1S/C17H22N4O/c1-12-11-16(19-13-5-3-4-6-13)21-17(18-12)20-14-7-9-15(22-2)10-8-14/h7-11,13H,3-6H2,1-2H3,(H2,18,19,20,21). The topological polar surface area (TPSA) is 59.1 Å². The van der Waals surface area contributed by atoms with Crippen LogP contribution in [0.2, 0.25) is 0 Å². The van der Waals surface area contributed by atoms with E-state index < -0.39 is 0 Å². The minimum absolute atomic E-state index is 0.545. The van der Waals surface area contributed by atoms with Crippen LogP contribution in [0.4, 0.5) is 17.5 Å². The Morgan fingerprint density at radius 1 is 1.09 bits per heavy atom. The van der Waals surface area contributed by atoms with Crippen LogP contribution < -0.4 is 15.4 Å². The van der Waals surface area contributed by atoms with Gasteiger partial charge < -0.3 is 15.4 Å². The number of hydrogen-bond acceptors (Lipinski definition) is 5. The van der Waals surface area contributed by atoms with Gasteiger partial charge >= 0.3 is 0 Å². The quantitative estimate of drug-likeness (QED) is 0.877. The van der Waals surface area contributed by atoms with E-state index in [4.69, 9.17) is 4.74 Å². The summed E-state index contributed by atoms with van der Waals surface area (Å²) in [6.45, 7) is 1.99. The van der Waals surface area contributed by atoms with E-state index in [1.165, 1.54) is 25.7 Å². The first-order valence-electron chi connectivity index (χ1n) is 7.76. The van der Waals surface area contributed by atoms with Crippen LogP contribution in [0.15, 0.2) is 30.3 Å². The van der Waals surface area contributed by atoms with Crippen molar-refractivity contribution in [3.8, 4) is 5.75 Å². The molecule has 22 heavy (non-hydrogen) atoms. The van der Waals surface area contributed by atoms with E-state index in [0.29, 0.717) is 12.0 Å². The molecule has 1 aromatic heterocycles. The molecule has 2 aromatic rings. The molecule has 1 aliphatic rings. The SMILES string of the molecule is COc1ccc(Nc2nc(C)cc(NC3CCCC3)n2)cc1. The van der Waals surface area contributed by atoms with Gasteiger partial charge in [-0.1, -0.05) is 12.8 Å². The maximum atomic E-state index is 5.16. The predicted octanol–water partition coefficient (Wildman–Crippen LogP) is 3.89. The Morgan fingerprint density at radius 3 is 2.50 bits per heavy atom. The molecule has 1 aliphatic carbocycles. The molecule has 5 heteroatoms. The molecule has 0 spiro atoms. The van der Waals surface area contributed by atoms with Crippen molar-refractivity contribution in [1.29, 1.82) is 0 Å². The minimum Gasteiger partial charge on any atom is -0.497 e. The summed E-state index contributed by atoms with van der Waals surface area (Å²) in [5.74, 6) is 2.35. The summed E-state index contributed by atoms with van der Waals surface area (Å²) >= 11 is 0. The van der Waals surface area contributed by atoms with E-state index in [2.05, 4.69) is 20.6 Å². The number of methoxy groups -OCH3 is 1. The van der Waals surface area contributed by atoms with Crippen molar-refractivity contribution >= 4 is 17.5 Å². The van der Waals surface area contributed by atoms with Crippen molar-refractivity contribution in [2.24, 2.45) is 0 Å². The number of rotatable bonds is 5. The first-order valence-corrected chi connectivity index (χ1v) is 7.76. The first kappa shape index (κ1) is 14.6. The number of ether oxygens (including phenoxy) is 1. The van der Waals surface area contributed by atoms with Crippen LogP contribution in [0.25, 0.3) is 0 Å². The fourth-order valence-corrected chi connectivity index (χ4v) is 2.78. The molecular formula is C17H22N4O. The van der Waals surface area contributed by atoms with Gasteiger partial charge in [-0.05, 0) is 44.0 Å². The highest BCUT2D eigenvalue weighted by molar-refractivity contribution is 5.56. The van der Waals surface area contributed by atoms with Crippen molar-refractivity contribution in [3.05, 3.63) is 36.0 Å². The van der Waals surface area contributed by atoms with Crippen molar-refractivity contribution in [2.45, 2.75) is 38.6 Å². The van der Waals surface area contributed by atoms with E-state index in [-0.39, 0.29) is 0 Å². The van der Waals surface area contributed by atoms with Gasteiger partial charge in [0.1, 0.15) is 11.6 Å². The van der Waals surface area contributed by atoms with E-state index in [0.717, 1.165) is 22.9 Å². The van der Waals surface area contributed by atoms with Crippen LogP contribution in [-0.4, -0.2) is 23.1 Å². The highest BCUT2D eigenvalue weighted by atomic mass is 16.5. The highest BCUT2D eigenvalue weighted by Gasteiger charge is 2.15. The lowest BCUT2D eigenvalue weighted by atomic mass is 10.2. The molecule has 3 rings (SSSR count). The minimum atomic E-state index is 0.545. The lowest BCUT2D eigenvalue weighted by Gasteiger charge is -2.14. The fourth-order valence-electron chi connectivity index (χ4n) is 2.78. The number of aromatic nitrogens is 2. The Bertz CT molecular complexity index is 621. The van der Waals surface area contributed by atoms with Gasteiger partial charge in [-0.3, -0.25) is 0 Å². The maximum absolute atomic E-state index is 5.16. The zero-order valence-electron chi connectivity index (χ0n) is 13.1. The Morgan fingerprint density at radius 2 is 1.82 bits per heavy atom. The van der Waals surface area contributed by atoms with Gasteiger partial charge in [0.15, 0.2) is 0 Å². The molecule has 0 amide bonds. The van der Waals surface area contributed by atoms with Crippen molar-refractivity contribution in [1.82, 2.24) is 9.97 Å². The zero-order valence-corrected chi connectivity index (χ0v) is 13.1. The van der Waals surface area contributed by atoms with E-state index in [9.17, 15) is 0 Å². The monoisotopic (exact) mass is 298 g/mol. The Balaban J connectivity index is 1.73. The molecule has 1 aromatic carbocycles. The molecule has 0 saturated heterocycles. The molecule has 0 unspecified atom stereocenters. The molecule has 0 atom stereocenters. The summed E-state index contributed by atoms with van der Waals surface area (Å²) in [6, 6.07) is 10.3. The predicted molar refractivity (Wildman–Crippen MR) is 88.9 cm³/mol. The fraction of sp³-hybridized carbons (Fsp3) is 0.412. The average Bonchev–Trinajstić information content (AvgIpc) is 3.00. The number of nitrogens with zero attached hydrogens (tertiary/aromatic N) is 2. The maximum Gasteiger partial charge on any atom is 0.229 e. The van der Waals surface area contributed by atoms with Gasteiger partial charge in [-0.15, -0.1) is 0 Å². The molecule has 2 N–H and O–H groups in total. The van der Waals surface area contributed by atoms with Gasteiger partial charge in [-0.25, -0.2) is 4.98 Å². The van der Waals surface area contributed by atoms with E-state index >= 15 is 0 Å². The summed E-state index contributed by atoms with van der Waals surface area (Å²) in [4.78, 5) is 9.02. The molecule has 1 saturated carbocycles. The normalized spacial score (nSPS) is 14.8. The summed E-state index contributed by atoms with van der Waals surface area (Å²) < 4.78 is 5.16. The second kappa shape index (κ2) is 6.64. The second-order valence-corrected chi connectivity index (χ2v) is 5.70. The van der Waals surface area contributed by atoms with Gasteiger partial charge in [-0.2, -0.15) is 4.98 Å². The lowest BCUT2D eigenvalue weighted by Crippen LogP contribution is -2.16. The third kappa shape index (κ3) is 3.67. The lowest BCUT2D eigenvalue weighted by molar-refractivity contribution is 0.415. The van der Waals surface area contributed by atoms with E-state index in [1.807, 2.05) is 37.3 Å². The van der Waals surface area contributed by atoms with Crippen LogP contribution in [0.3, 0.4) is 0 Å². The third-order valence-electron chi connectivity index (χ3n) is 3.91. The van der Waals surface area contributed by atoms with Gasteiger partial charge in [0, 0.05) is 23.5 Å². The average molecular weight is 298 g/mol. The first-order chi connectivity index (χ1) is 10.7. The summed E-state index contributed by atoms with van der Waals surface area (Å²) in [6.07, 6.45) is 5.06. The third-order valence-corrected chi connectivity index (χ3v) is 3.91. The number of hydrogen-bond donors (Lipinski definition) is 2. The molecule has 5 nitrogen and oxygen atoms in total. The van der Waals surface area contributed by atoms with Crippen LogP contribution in [0, 0.1) is 6.92 Å². The number of anilines is 3. The number of aryl methyl sites for hydroxylation is 1. The molecule has 0 aliphatic heterocycles. The molecule has 1 heterocycles. The zero-order chi connectivity index (χ0) is 15.4. The van der Waals surface area contributed by atoms with Crippen LogP contribution in [0.1, 0.15) is 31.4 Å². The van der Waals surface area contributed by atoms with Crippen molar-refractivity contribution < 1.29 is 4.74 Å². The van der Waals surface area contributed by atoms with Gasteiger partial charge in [0.2, 0.25) is 5.95 Å². The summed E-state index contributed by atoms with van der Waals surface area (Å²) in [5, 5.41) is 6.76. The molecular weight excluding hydrogens is 276 g/mol. The Labute approximate surface area is 131 Å². The van der Waals surface area contributed by atoms with Crippen LogP contribution in [-0.2, 0) is 0 Å². The molecule has 1 fully saturated rings. The van der Waals surface area contributed by atoms with Crippen molar-refractivity contribution in [2.75, 3.05) is 17.7 Å². The van der Waals surface area contributed by atoms with Gasteiger partial charge in [0.25, 0.3) is 0 Å². The molecule has 0 radical (unpaired) electrons. The van der Waals surface area contributed by atoms with Crippen LogP contribution >= 0.6 is 0 Å². The van der Waals surface area contributed by atoms with Crippen LogP contribution in [0.5, 0.6) is 5.75 Å². The second-order valence-electron chi connectivity index (χ2n) is 5.70.